The van der Waals surface area contributed by atoms with Gasteiger partial charge in [-0.05, 0) is 42.3 Å². The highest BCUT2D eigenvalue weighted by Gasteiger charge is 2.42. The molecule has 1 aliphatic heterocycles. The quantitative estimate of drug-likeness (QED) is 0.468. The van der Waals surface area contributed by atoms with Crippen LogP contribution in [0.25, 0.3) is 5.57 Å². The Morgan fingerprint density at radius 1 is 0.875 bits per heavy atom. The number of hydrogen-bond donors (Lipinski definition) is 0. The van der Waals surface area contributed by atoms with Gasteiger partial charge in [-0.15, -0.1) is 0 Å². The Morgan fingerprint density at radius 2 is 1.56 bits per heavy atom. The van der Waals surface area contributed by atoms with E-state index in [0.29, 0.717) is 23.7 Å². The summed E-state index contributed by atoms with van der Waals surface area (Å²) in [6, 6.07) is 19.1. The fourth-order valence-electron chi connectivity index (χ4n) is 3.70. The van der Waals surface area contributed by atoms with Crippen molar-refractivity contribution in [3.8, 4) is 0 Å². The molecule has 0 radical (unpaired) electrons. The van der Waals surface area contributed by atoms with Crippen LogP contribution < -0.4 is 4.90 Å². The van der Waals surface area contributed by atoms with Gasteiger partial charge >= 0.3 is 0 Å². The highest BCUT2D eigenvalue weighted by molar-refractivity contribution is 6.45. The number of carbonyl (C=O) groups is 2. The van der Waals surface area contributed by atoms with Crippen LogP contribution in [0.5, 0.6) is 0 Å². The molecule has 0 spiro atoms. The lowest BCUT2D eigenvalue weighted by Crippen LogP contribution is -2.35. The fourth-order valence-corrected chi connectivity index (χ4v) is 3.83. The first-order valence-electron chi connectivity index (χ1n) is 10.0. The van der Waals surface area contributed by atoms with Crippen molar-refractivity contribution in [3.05, 3.63) is 106 Å². The first kappa shape index (κ1) is 21.7. The van der Waals surface area contributed by atoms with E-state index in [9.17, 15) is 18.4 Å². The van der Waals surface area contributed by atoms with Crippen molar-refractivity contribution in [2.45, 2.75) is 13.5 Å². The Labute approximate surface area is 189 Å². The van der Waals surface area contributed by atoms with Gasteiger partial charge in [0.2, 0.25) is 0 Å². The summed E-state index contributed by atoms with van der Waals surface area (Å²) in [4.78, 5) is 29.7. The van der Waals surface area contributed by atoms with Gasteiger partial charge in [0.1, 0.15) is 5.70 Å². The molecule has 2 amide bonds. The van der Waals surface area contributed by atoms with Crippen LogP contribution in [0.15, 0.2) is 78.5 Å². The highest BCUT2D eigenvalue weighted by atomic mass is 35.5. The van der Waals surface area contributed by atoms with Crippen LogP contribution in [-0.2, 0) is 16.1 Å². The second-order valence-electron chi connectivity index (χ2n) is 7.27. The summed E-state index contributed by atoms with van der Waals surface area (Å²) in [7, 11) is 0. The lowest BCUT2D eigenvalue weighted by molar-refractivity contribution is -0.120. The van der Waals surface area contributed by atoms with E-state index >= 15 is 0 Å². The summed E-state index contributed by atoms with van der Waals surface area (Å²) in [6.07, 6.45) is 0. The number of amides is 2. The zero-order chi connectivity index (χ0) is 22.8. The molecule has 162 valence electrons. The normalized spacial score (nSPS) is 13.8. The SMILES string of the molecule is CCN(Cc1ccccc1)C1=C(c2ccc(Cl)cc2)C(=O)N(c2ccc(F)c(F)c2)C1=O. The van der Waals surface area contributed by atoms with Gasteiger partial charge in [0, 0.05) is 24.2 Å². The second-order valence-corrected chi connectivity index (χ2v) is 7.71. The molecule has 32 heavy (non-hydrogen) atoms. The molecule has 7 heteroatoms. The Kier molecular flexibility index (Phi) is 6.06. The van der Waals surface area contributed by atoms with Crippen molar-refractivity contribution >= 4 is 34.7 Å². The average Bonchev–Trinajstić information content (AvgIpc) is 3.05. The van der Waals surface area contributed by atoms with E-state index in [1.54, 1.807) is 29.2 Å². The van der Waals surface area contributed by atoms with E-state index < -0.39 is 23.4 Å². The first-order chi connectivity index (χ1) is 15.4. The smallest absolute Gasteiger partial charge is 0.282 e. The molecule has 0 aliphatic carbocycles. The van der Waals surface area contributed by atoms with Crippen molar-refractivity contribution in [1.29, 1.82) is 0 Å². The molecule has 3 aromatic rings. The molecule has 0 aromatic heterocycles. The Balaban J connectivity index is 1.83. The molecular formula is C25H19ClF2N2O2. The third-order valence-corrected chi connectivity index (χ3v) is 5.52. The molecule has 3 aromatic carbocycles. The van der Waals surface area contributed by atoms with Crippen molar-refractivity contribution in [1.82, 2.24) is 4.90 Å². The highest BCUT2D eigenvalue weighted by Crippen LogP contribution is 2.36. The van der Waals surface area contributed by atoms with Crippen molar-refractivity contribution in [2.24, 2.45) is 0 Å². The van der Waals surface area contributed by atoms with Gasteiger partial charge in [-0.25, -0.2) is 13.7 Å². The summed E-state index contributed by atoms with van der Waals surface area (Å²) in [6.45, 7) is 2.73. The fraction of sp³-hybridized carbons (Fsp3) is 0.120. The lowest BCUT2D eigenvalue weighted by atomic mass is 10.0. The summed E-state index contributed by atoms with van der Waals surface area (Å²) in [5, 5.41) is 0.488. The summed E-state index contributed by atoms with van der Waals surface area (Å²) in [5.74, 6) is -3.40. The summed E-state index contributed by atoms with van der Waals surface area (Å²) < 4.78 is 27.4. The third-order valence-electron chi connectivity index (χ3n) is 5.27. The topological polar surface area (TPSA) is 40.6 Å². The van der Waals surface area contributed by atoms with Crippen LogP contribution in [0.2, 0.25) is 5.02 Å². The maximum Gasteiger partial charge on any atom is 0.282 e. The molecule has 0 saturated heterocycles. The molecule has 0 N–H and O–H groups in total. The van der Waals surface area contributed by atoms with Gasteiger partial charge in [-0.3, -0.25) is 9.59 Å². The molecule has 0 atom stereocenters. The Bertz CT molecular complexity index is 1210. The lowest BCUT2D eigenvalue weighted by Gasteiger charge is -2.25. The average molecular weight is 453 g/mol. The van der Waals surface area contributed by atoms with E-state index in [-0.39, 0.29) is 17.0 Å². The van der Waals surface area contributed by atoms with Crippen molar-refractivity contribution < 1.29 is 18.4 Å². The Hall–Kier alpha value is -3.51. The number of hydrogen-bond acceptors (Lipinski definition) is 3. The van der Waals surface area contributed by atoms with Gasteiger partial charge < -0.3 is 4.90 Å². The molecule has 4 nitrogen and oxygen atoms in total. The van der Waals surface area contributed by atoms with Crippen molar-refractivity contribution in [2.75, 3.05) is 11.4 Å². The van der Waals surface area contributed by atoms with Crippen LogP contribution in [0.3, 0.4) is 0 Å². The number of carbonyl (C=O) groups excluding carboxylic acids is 2. The van der Waals surface area contributed by atoms with Crippen LogP contribution in [0.1, 0.15) is 18.1 Å². The van der Waals surface area contributed by atoms with Crippen LogP contribution >= 0.6 is 11.6 Å². The number of rotatable bonds is 6. The largest absolute Gasteiger partial charge is 0.362 e. The van der Waals surface area contributed by atoms with E-state index in [1.807, 2.05) is 37.3 Å². The van der Waals surface area contributed by atoms with E-state index in [4.69, 9.17) is 11.6 Å². The van der Waals surface area contributed by atoms with Crippen molar-refractivity contribution in [3.63, 3.8) is 0 Å². The number of halogens is 3. The second kappa shape index (κ2) is 8.93. The van der Waals surface area contributed by atoms with E-state index in [0.717, 1.165) is 22.6 Å². The predicted molar refractivity (Wildman–Crippen MR) is 120 cm³/mol. The number of anilines is 1. The molecule has 0 fully saturated rings. The third kappa shape index (κ3) is 4.01. The Morgan fingerprint density at radius 3 is 2.19 bits per heavy atom. The number of imide groups is 1. The number of likely N-dealkylation sites (N-methyl/N-ethyl adjacent to an activating group) is 1. The van der Waals surface area contributed by atoms with E-state index in [1.165, 1.54) is 6.07 Å². The molecule has 0 unspecified atom stereocenters. The maximum absolute atomic E-state index is 13.9. The zero-order valence-corrected chi connectivity index (χ0v) is 17.9. The minimum Gasteiger partial charge on any atom is -0.362 e. The summed E-state index contributed by atoms with van der Waals surface area (Å²) in [5.41, 5.74) is 1.84. The maximum atomic E-state index is 13.9. The van der Waals surface area contributed by atoms with Gasteiger partial charge in [-0.1, -0.05) is 54.1 Å². The number of nitrogens with zero attached hydrogens (tertiary/aromatic N) is 2. The van der Waals surface area contributed by atoms with Crippen LogP contribution in [0.4, 0.5) is 14.5 Å². The molecular weight excluding hydrogens is 434 g/mol. The molecule has 1 heterocycles. The molecule has 4 rings (SSSR count). The zero-order valence-electron chi connectivity index (χ0n) is 17.2. The van der Waals surface area contributed by atoms with Gasteiger partial charge in [0.25, 0.3) is 11.8 Å². The van der Waals surface area contributed by atoms with E-state index in [2.05, 4.69) is 0 Å². The van der Waals surface area contributed by atoms with Gasteiger partial charge in [-0.2, -0.15) is 0 Å². The molecule has 0 bridgehead atoms. The monoisotopic (exact) mass is 452 g/mol. The van der Waals surface area contributed by atoms with Gasteiger partial charge in [0.05, 0.1) is 11.3 Å². The first-order valence-corrected chi connectivity index (χ1v) is 10.4. The van der Waals surface area contributed by atoms with Crippen LogP contribution in [-0.4, -0.2) is 23.3 Å². The minimum atomic E-state index is -1.14. The van der Waals surface area contributed by atoms with Crippen LogP contribution in [0, 0.1) is 11.6 Å². The van der Waals surface area contributed by atoms with Gasteiger partial charge in [0.15, 0.2) is 11.6 Å². The molecule has 1 aliphatic rings. The molecule has 0 saturated carbocycles. The predicted octanol–water partition coefficient (Wildman–Crippen LogP) is 5.42. The number of benzene rings is 3. The minimum absolute atomic E-state index is 0.0314. The standard InChI is InChI=1S/C25H19ClF2N2O2/c1-2-29(15-16-6-4-3-5-7-16)23-22(17-8-10-18(26)11-9-17)24(31)30(25(23)32)19-12-13-20(27)21(28)14-19/h3-14H,2,15H2,1H3. The summed E-state index contributed by atoms with van der Waals surface area (Å²) >= 11 is 6.01.